The lowest BCUT2D eigenvalue weighted by Gasteiger charge is -2.70. The number of aliphatic hydroxyl groups excluding tert-OH is 1. The van der Waals surface area contributed by atoms with Crippen molar-refractivity contribution in [3.8, 4) is 0 Å². The largest absolute Gasteiger partial charge is 0.458 e. The maximum Gasteiger partial charge on any atom is 0.338 e. The van der Waals surface area contributed by atoms with Crippen LogP contribution in [0.25, 0.3) is 0 Å². The number of rotatable bonds is 18. The quantitative estimate of drug-likeness (QED) is 0.0311. The van der Waals surface area contributed by atoms with E-state index in [1.807, 2.05) is 97.1 Å². The smallest absolute Gasteiger partial charge is 0.338 e. The van der Waals surface area contributed by atoms with Gasteiger partial charge in [0.25, 0.3) is 16.6 Å². The minimum Gasteiger partial charge on any atom is -0.458 e. The highest BCUT2D eigenvalue weighted by Gasteiger charge is 2.82. The summed E-state index contributed by atoms with van der Waals surface area (Å²) >= 11 is 0. The molecule has 19 atom stereocenters. The monoisotopic (exact) mass is 1730 g/mol. The van der Waals surface area contributed by atoms with Crippen LogP contribution in [0.2, 0.25) is 10.1 Å². The van der Waals surface area contributed by atoms with Crippen molar-refractivity contribution in [3.63, 3.8) is 0 Å². The Morgan fingerprint density at radius 3 is 1.08 bits per heavy atom. The second-order valence-corrected chi connectivity index (χ2v) is 46.9. The first kappa shape index (κ1) is 92.1. The number of hydrogen-bond donors (Lipinski definition) is 3. The van der Waals surface area contributed by atoms with Gasteiger partial charge in [-0.3, -0.25) is 33.6 Å². The van der Waals surface area contributed by atoms with Crippen LogP contribution in [0.4, 0.5) is 0 Å². The molecule has 4 bridgehead atoms. The predicted octanol–water partition coefficient (Wildman–Crippen LogP) is 11.4. The zero-order chi connectivity index (χ0) is 90.4. The van der Waals surface area contributed by atoms with Gasteiger partial charge in [0.1, 0.15) is 53.9 Å². The number of carbonyl (C=O) groups excluding carboxylic acids is 9. The summed E-state index contributed by atoms with van der Waals surface area (Å²) in [6, 6.07) is 56.3. The van der Waals surface area contributed by atoms with Gasteiger partial charge in [0.2, 0.25) is 0 Å². The lowest BCUT2D eigenvalue weighted by molar-refractivity contribution is -0.363. The highest BCUT2D eigenvalue weighted by Crippen LogP contribution is 2.69. The number of benzene rings is 6. The van der Waals surface area contributed by atoms with Gasteiger partial charge in [-0.25, -0.2) is 9.59 Å². The molecule has 0 radical (unpaired) electrons. The number of Topliss-reactive ketones (excluding diaryl/α,β-unsaturated/α-hetero) is 1. The van der Waals surface area contributed by atoms with Crippen LogP contribution in [0.15, 0.2) is 204 Å². The molecule has 26 heteroatoms. The zero-order valence-corrected chi connectivity index (χ0v) is 76.5. The summed E-state index contributed by atoms with van der Waals surface area (Å²) in [6.07, 6.45) is -14.5. The molecule has 0 amide bonds. The zero-order valence-electron chi connectivity index (χ0n) is 74.5. The third-order valence-electron chi connectivity index (χ3n) is 28.6. The number of ketones is 1. The third kappa shape index (κ3) is 15.0. The molecule has 6 aromatic carbocycles. The molecule has 6 aromatic rings. The van der Waals surface area contributed by atoms with Crippen molar-refractivity contribution in [3.05, 3.63) is 215 Å². The molecular formula is C98H118O24Si2. The number of aliphatic hydroxyl groups is 3. The Morgan fingerprint density at radius 2 is 0.742 bits per heavy atom. The Morgan fingerprint density at radius 1 is 0.419 bits per heavy atom. The molecule has 2 saturated heterocycles. The fourth-order valence-corrected chi connectivity index (χ4v) is 32.4. The topological polar surface area (TPSA) is 325 Å². The Kier molecular flexibility index (Phi) is 25.0. The normalized spacial score (nSPS) is 32.1. The fourth-order valence-electron chi connectivity index (χ4n) is 22.8. The maximum atomic E-state index is 16.5. The summed E-state index contributed by atoms with van der Waals surface area (Å²) in [7, 11) is -7.05. The summed E-state index contributed by atoms with van der Waals surface area (Å²) in [4.78, 5) is 125. The molecular weight excluding hydrogens is 1620 g/mol. The van der Waals surface area contributed by atoms with Crippen molar-refractivity contribution < 1.29 is 115 Å². The molecule has 4 saturated carbocycles. The van der Waals surface area contributed by atoms with Gasteiger partial charge in [-0.2, -0.15) is 0 Å². The average molecular weight is 1740 g/mol. The van der Waals surface area contributed by atoms with Gasteiger partial charge in [-0.05, 0) is 98.2 Å². The first-order valence-corrected chi connectivity index (χ1v) is 46.4. The van der Waals surface area contributed by atoms with Crippen LogP contribution in [0.3, 0.4) is 0 Å². The van der Waals surface area contributed by atoms with E-state index in [1.54, 1.807) is 116 Å². The van der Waals surface area contributed by atoms with Gasteiger partial charge >= 0.3 is 47.8 Å². The van der Waals surface area contributed by atoms with E-state index in [2.05, 4.69) is 65.8 Å². The number of carbonyl (C=O) groups is 9. The Labute approximate surface area is 727 Å². The van der Waals surface area contributed by atoms with Crippen molar-refractivity contribution in [2.75, 3.05) is 13.2 Å². The summed E-state index contributed by atoms with van der Waals surface area (Å²) < 4.78 is 79.1. The standard InChI is InChI=1S/C49H60O12Si.C49H58O12Si/c2*1-29-36(57-30(2)50)27-49(55)43(59-44(54)33-20-14-11-15-21-33)41-47(10,42(53)40(58-31(3)51)39(29)46(49,8)9)37(26-38-48(41,28-56-38)60-32(4)52)61-62(45(5,6)7,34-22-16-12-17-23-34)35-24-18-13-19-25-35/h11-25,36-38,40-43,53,55H,26-28H2,1-10H3;11-25,36-38,40-41,43,55H,26-28H2,1-10H3/t36?,37?,38?,40?,41?,42?,43?,47-,48+,49?;36?,37?,38?,40?,41?,43?,47-,48+,49?/m11/s1. The van der Waals surface area contributed by atoms with E-state index >= 15 is 4.79 Å². The van der Waals surface area contributed by atoms with Crippen molar-refractivity contribution in [2.45, 2.75) is 264 Å². The van der Waals surface area contributed by atoms with Crippen LogP contribution in [-0.2, 0) is 89.8 Å². The fraction of sp³-hybridized carbons (Fsp3) is 0.500. The second kappa shape index (κ2) is 33.6. The van der Waals surface area contributed by atoms with Crippen LogP contribution in [0.1, 0.15) is 185 Å². The van der Waals surface area contributed by atoms with Gasteiger partial charge in [-0.1, -0.05) is 234 Å². The third-order valence-corrected chi connectivity index (χ3v) is 38.7. The van der Waals surface area contributed by atoms with Crippen molar-refractivity contribution in [1.29, 1.82) is 0 Å². The van der Waals surface area contributed by atoms with Crippen LogP contribution in [0.5, 0.6) is 0 Å². The maximum absolute atomic E-state index is 16.5. The van der Waals surface area contributed by atoms with E-state index in [9.17, 15) is 53.7 Å². The Bertz CT molecular complexity index is 5050. The molecule has 3 N–H and O–H groups in total. The minimum absolute atomic E-state index is 0.0403. The first-order valence-electron chi connectivity index (χ1n) is 42.6. The molecule has 2 heterocycles. The lowest BCUT2D eigenvalue weighted by atomic mass is 9.44. The highest BCUT2D eigenvalue weighted by molar-refractivity contribution is 7.00. The predicted molar refractivity (Wildman–Crippen MR) is 463 cm³/mol. The number of fused-ring (bicyclic) bond motifs is 10. The van der Waals surface area contributed by atoms with Gasteiger partial charge in [0, 0.05) is 83.5 Å². The number of ether oxygens (including phenoxy) is 10. The second-order valence-electron chi connectivity index (χ2n) is 38.4. The number of esters is 8. The summed E-state index contributed by atoms with van der Waals surface area (Å²) in [6.45, 7) is 33.5. The van der Waals surface area contributed by atoms with Crippen LogP contribution in [-0.4, -0.2) is 188 Å². The van der Waals surface area contributed by atoms with Gasteiger partial charge in [-0.15, -0.1) is 0 Å². The van der Waals surface area contributed by atoms with Crippen LogP contribution >= 0.6 is 0 Å². The van der Waals surface area contributed by atoms with E-state index in [1.165, 1.54) is 41.5 Å². The van der Waals surface area contributed by atoms with E-state index in [-0.39, 0.29) is 55.6 Å². The summed E-state index contributed by atoms with van der Waals surface area (Å²) in [5, 5.41) is 44.1. The molecule has 6 aliphatic carbocycles. The number of hydrogen-bond acceptors (Lipinski definition) is 24. The van der Waals surface area contributed by atoms with E-state index in [0.29, 0.717) is 16.7 Å². The van der Waals surface area contributed by atoms with Crippen molar-refractivity contribution in [1.82, 2.24) is 0 Å². The minimum atomic E-state index is -3.54. The van der Waals surface area contributed by atoms with Crippen molar-refractivity contribution in [2.24, 2.45) is 33.5 Å². The average Bonchev–Trinajstić information content (AvgIpc) is 0.667. The van der Waals surface area contributed by atoms with Crippen LogP contribution in [0, 0.1) is 33.5 Å². The Balaban J connectivity index is 0.000000213. The lowest BCUT2D eigenvalue weighted by Crippen LogP contribution is -2.83. The molecule has 14 rings (SSSR count). The molecule has 24 nitrogen and oxygen atoms in total. The molecule has 15 unspecified atom stereocenters. The van der Waals surface area contributed by atoms with Crippen LogP contribution < -0.4 is 20.7 Å². The molecule has 0 spiro atoms. The summed E-state index contributed by atoms with van der Waals surface area (Å²) in [5.74, 6) is -9.03. The highest BCUT2D eigenvalue weighted by atomic mass is 28.4. The SMILES string of the molecule is CC(=O)OC1CC2(O)C(OC(=O)c3ccccc3)C3[C@]4(OC(C)=O)COC4CC(O[Si](c4ccccc4)(c4ccccc4)C(C)(C)C)[C@@]3(C)C(=O)C(OC(C)=O)C(=C1C)C2(C)C.CC(=O)OC1CC2(O)C(OC(=O)c3ccccc3)C3[C@]4(OC(C)=O)COC4CC(O[Si](c4ccccc4)(c4ccccc4)C(C)(C)C)[C@@]3(C)C(O)C(OC(C)=O)C(=C1C)C2(C)C. The van der Waals surface area contributed by atoms with Gasteiger partial charge < -0.3 is 71.5 Å². The first-order chi connectivity index (χ1) is 58.1. The molecule has 8 aliphatic rings. The Hall–Kier alpha value is -9.62. The molecule has 6 fully saturated rings. The van der Waals surface area contributed by atoms with E-state index < -0.39 is 203 Å². The molecule has 662 valence electrons. The molecule has 2 aliphatic heterocycles. The van der Waals surface area contributed by atoms with Gasteiger partial charge in [0.05, 0.1) is 53.8 Å². The van der Waals surface area contributed by atoms with E-state index in [0.717, 1.165) is 20.7 Å². The molecule has 124 heavy (non-hydrogen) atoms. The van der Waals surface area contributed by atoms with Gasteiger partial charge in [0.15, 0.2) is 29.2 Å². The van der Waals surface area contributed by atoms with E-state index in [4.69, 9.17) is 56.2 Å². The summed E-state index contributed by atoms with van der Waals surface area (Å²) in [5.41, 5.74) is -12.4. The van der Waals surface area contributed by atoms with Crippen molar-refractivity contribution >= 4 is 90.9 Å². The molecule has 0 aromatic heterocycles.